The smallest absolute Gasteiger partial charge is 0.333 e. The Labute approximate surface area is 162 Å². The predicted octanol–water partition coefficient (Wildman–Crippen LogP) is 2.57. The van der Waals surface area contributed by atoms with Crippen LogP contribution in [0.5, 0.6) is 5.75 Å². The van der Waals surface area contributed by atoms with Crippen molar-refractivity contribution in [1.29, 1.82) is 5.26 Å². The fraction of sp³-hybridized carbons (Fsp3) is 0.143. The van der Waals surface area contributed by atoms with Crippen LogP contribution in [-0.4, -0.2) is 41.7 Å². The summed E-state index contributed by atoms with van der Waals surface area (Å²) in [5.41, 5.74) is 1.88. The molecule has 0 saturated carbocycles. The maximum absolute atomic E-state index is 12.2. The third kappa shape index (κ3) is 3.62. The first kappa shape index (κ1) is 18.9. The molecular weight excluding hydrogens is 358 g/mol. The van der Waals surface area contributed by atoms with Crippen molar-refractivity contribution < 1.29 is 19.1 Å². The molecule has 0 unspecified atom stereocenters. The number of rotatable bonds is 4. The number of benzene rings is 2. The van der Waals surface area contributed by atoms with Gasteiger partial charge in [-0.25, -0.2) is 4.79 Å². The number of likely N-dealkylation sites (N-methyl/N-ethyl adjacent to an activating group) is 2. The van der Waals surface area contributed by atoms with Gasteiger partial charge in [-0.1, -0.05) is 30.3 Å². The van der Waals surface area contributed by atoms with E-state index in [1.54, 1.807) is 36.4 Å². The number of amides is 4. The van der Waals surface area contributed by atoms with E-state index in [9.17, 15) is 14.4 Å². The van der Waals surface area contributed by atoms with Gasteiger partial charge in [-0.2, -0.15) is 5.26 Å². The Morgan fingerprint density at radius 2 is 1.57 bits per heavy atom. The third-order valence-electron chi connectivity index (χ3n) is 4.37. The number of carbonyl (C=O) groups excluding carboxylic acids is 3. The Kier molecular flexibility index (Phi) is 5.23. The molecule has 140 valence electrons. The summed E-state index contributed by atoms with van der Waals surface area (Å²) in [4.78, 5) is 38.0. The van der Waals surface area contributed by atoms with E-state index in [1.807, 2.05) is 12.1 Å². The summed E-state index contributed by atoms with van der Waals surface area (Å²) in [5.74, 6) is -0.691. The third-order valence-corrected chi connectivity index (χ3v) is 4.37. The van der Waals surface area contributed by atoms with E-state index in [-0.39, 0.29) is 12.2 Å². The minimum Gasteiger partial charge on any atom is -0.489 e. The molecule has 0 aliphatic carbocycles. The number of imide groups is 2. The quantitative estimate of drug-likeness (QED) is 0.605. The monoisotopic (exact) mass is 375 g/mol. The van der Waals surface area contributed by atoms with Crippen molar-refractivity contribution in [3.8, 4) is 11.8 Å². The average Bonchev–Trinajstić information content (AvgIpc) is 2.73. The molecule has 0 spiro atoms. The van der Waals surface area contributed by atoms with Crippen LogP contribution in [0.3, 0.4) is 0 Å². The van der Waals surface area contributed by atoms with E-state index in [0.29, 0.717) is 16.9 Å². The van der Waals surface area contributed by atoms with Gasteiger partial charge in [0.25, 0.3) is 11.8 Å². The Morgan fingerprint density at radius 3 is 2.18 bits per heavy atom. The van der Waals surface area contributed by atoms with Crippen LogP contribution in [0.1, 0.15) is 16.7 Å². The molecule has 28 heavy (non-hydrogen) atoms. The molecule has 0 aromatic heterocycles. The lowest BCUT2D eigenvalue weighted by molar-refractivity contribution is -0.134. The number of urea groups is 1. The second-order valence-corrected chi connectivity index (χ2v) is 6.20. The summed E-state index contributed by atoms with van der Waals surface area (Å²) < 4.78 is 5.70. The summed E-state index contributed by atoms with van der Waals surface area (Å²) in [7, 11) is 2.66. The van der Waals surface area contributed by atoms with E-state index in [2.05, 4.69) is 6.07 Å². The lowest BCUT2D eigenvalue weighted by Crippen LogP contribution is -2.52. The van der Waals surface area contributed by atoms with E-state index in [4.69, 9.17) is 10.00 Å². The zero-order valence-electron chi connectivity index (χ0n) is 15.4. The average molecular weight is 375 g/mol. The van der Waals surface area contributed by atoms with Gasteiger partial charge >= 0.3 is 6.03 Å². The summed E-state index contributed by atoms with van der Waals surface area (Å²) in [5, 5.41) is 9.11. The molecule has 0 radical (unpaired) electrons. The normalized spacial score (nSPS) is 14.2. The highest BCUT2D eigenvalue weighted by Crippen LogP contribution is 2.20. The molecular formula is C21H17N3O4. The molecule has 2 aromatic rings. The molecule has 7 heteroatoms. The van der Waals surface area contributed by atoms with Crippen LogP contribution in [0.4, 0.5) is 4.79 Å². The summed E-state index contributed by atoms with van der Waals surface area (Å²) in [6.45, 7) is 0.249. The lowest BCUT2D eigenvalue weighted by atomic mass is 10.1. The van der Waals surface area contributed by atoms with Crippen LogP contribution in [-0.2, 0) is 16.2 Å². The number of barbiturate groups is 1. The molecule has 0 N–H and O–H groups in total. The van der Waals surface area contributed by atoms with Crippen LogP contribution in [0.15, 0.2) is 54.1 Å². The van der Waals surface area contributed by atoms with Gasteiger partial charge in [0.2, 0.25) is 0 Å². The SMILES string of the molecule is CN1C(=O)C(=Cc2ccc(OCc3ccccc3C#N)cc2)C(=O)N(C)C1=O. The van der Waals surface area contributed by atoms with Gasteiger partial charge in [0.1, 0.15) is 17.9 Å². The zero-order chi connectivity index (χ0) is 20.3. The molecule has 1 aliphatic rings. The molecule has 7 nitrogen and oxygen atoms in total. The first-order chi connectivity index (χ1) is 13.4. The molecule has 0 bridgehead atoms. The molecule has 2 aromatic carbocycles. The van der Waals surface area contributed by atoms with Crippen LogP contribution in [0.25, 0.3) is 6.08 Å². The maximum atomic E-state index is 12.2. The maximum Gasteiger partial charge on any atom is 0.333 e. The molecule has 3 rings (SSSR count). The number of carbonyl (C=O) groups is 3. The van der Waals surface area contributed by atoms with Gasteiger partial charge in [0.15, 0.2) is 0 Å². The minimum atomic E-state index is -0.659. The summed E-state index contributed by atoms with van der Waals surface area (Å²) in [6.07, 6.45) is 1.44. The van der Waals surface area contributed by atoms with Crippen molar-refractivity contribution in [3.05, 3.63) is 70.8 Å². The summed E-state index contributed by atoms with van der Waals surface area (Å²) >= 11 is 0. The van der Waals surface area contributed by atoms with Gasteiger partial charge in [-0.15, -0.1) is 0 Å². The minimum absolute atomic E-state index is 0.0822. The Balaban J connectivity index is 1.75. The van der Waals surface area contributed by atoms with Crippen molar-refractivity contribution >= 4 is 23.9 Å². The Bertz CT molecular complexity index is 993. The molecule has 0 atom stereocenters. The zero-order valence-corrected chi connectivity index (χ0v) is 15.4. The van der Waals surface area contributed by atoms with Crippen molar-refractivity contribution in [3.63, 3.8) is 0 Å². The molecule has 1 aliphatic heterocycles. The summed E-state index contributed by atoms with van der Waals surface area (Å²) in [6, 6.07) is 15.5. The van der Waals surface area contributed by atoms with Gasteiger partial charge in [-0.05, 0) is 29.8 Å². The number of nitriles is 1. The second kappa shape index (κ2) is 7.76. The van der Waals surface area contributed by atoms with Crippen molar-refractivity contribution in [1.82, 2.24) is 9.80 Å². The molecule has 1 fully saturated rings. The van der Waals surface area contributed by atoms with Crippen LogP contribution in [0.2, 0.25) is 0 Å². The first-order valence-electron chi connectivity index (χ1n) is 8.45. The van der Waals surface area contributed by atoms with Gasteiger partial charge in [-0.3, -0.25) is 19.4 Å². The van der Waals surface area contributed by atoms with Crippen molar-refractivity contribution in [2.24, 2.45) is 0 Å². The van der Waals surface area contributed by atoms with Crippen LogP contribution < -0.4 is 4.74 Å². The highest BCUT2D eigenvalue weighted by molar-refractivity contribution is 6.30. The number of nitrogens with zero attached hydrogens (tertiary/aromatic N) is 3. The molecule has 1 heterocycles. The highest BCUT2D eigenvalue weighted by atomic mass is 16.5. The molecule has 4 amide bonds. The van der Waals surface area contributed by atoms with E-state index < -0.39 is 17.8 Å². The van der Waals surface area contributed by atoms with E-state index >= 15 is 0 Å². The van der Waals surface area contributed by atoms with Crippen molar-refractivity contribution in [2.45, 2.75) is 6.61 Å². The fourth-order valence-electron chi connectivity index (χ4n) is 2.72. The first-order valence-corrected chi connectivity index (χ1v) is 8.45. The largest absolute Gasteiger partial charge is 0.489 e. The standard InChI is InChI=1S/C21H17N3O4/c1-23-19(25)18(20(26)24(2)21(23)27)11-14-7-9-17(10-8-14)28-13-16-6-4-3-5-15(16)12-22/h3-11H,13H2,1-2H3. The Hall–Kier alpha value is -3.92. The second-order valence-electron chi connectivity index (χ2n) is 6.20. The lowest BCUT2D eigenvalue weighted by Gasteiger charge is -2.28. The number of hydrogen-bond acceptors (Lipinski definition) is 5. The van der Waals surface area contributed by atoms with Gasteiger partial charge in [0.05, 0.1) is 11.6 Å². The number of hydrogen-bond donors (Lipinski definition) is 0. The fourth-order valence-corrected chi connectivity index (χ4v) is 2.72. The van der Waals surface area contributed by atoms with E-state index in [0.717, 1.165) is 15.4 Å². The highest BCUT2D eigenvalue weighted by Gasteiger charge is 2.37. The van der Waals surface area contributed by atoms with Gasteiger partial charge < -0.3 is 4.74 Å². The predicted molar refractivity (Wildman–Crippen MR) is 101 cm³/mol. The van der Waals surface area contributed by atoms with Crippen LogP contribution in [0, 0.1) is 11.3 Å². The topological polar surface area (TPSA) is 90.7 Å². The van der Waals surface area contributed by atoms with Crippen LogP contribution >= 0.6 is 0 Å². The number of ether oxygens (including phenoxy) is 1. The van der Waals surface area contributed by atoms with Crippen molar-refractivity contribution in [2.75, 3.05) is 14.1 Å². The van der Waals surface area contributed by atoms with Gasteiger partial charge in [0, 0.05) is 19.7 Å². The molecule has 1 saturated heterocycles. The van der Waals surface area contributed by atoms with E-state index in [1.165, 1.54) is 20.2 Å². The Morgan fingerprint density at radius 1 is 0.964 bits per heavy atom.